The van der Waals surface area contributed by atoms with Crippen LogP contribution in [0.1, 0.15) is 0 Å². The van der Waals surface area contributed by atoms with Crippen LogP contribution in [0.2, 0.25) is 0 Å². The summed E-state index contributed by atoms with van der Waals surface area (Å²) >= 11 is 0. The van der Waals surface area contributed by atoms with Crippen molar-refractivity contribution in [2.75, 3.05) is 6.61 Å². The summed E-state index contributed by atoms with van der Waals surface area (Å²) in [5.41, 5.74) is 0. The Balaban J connectivity index is 4.15. The molecule has 4 atom stereocenters. The van der Waals surface area contributed by atoms with E-state index >= 15 is 0 Å². The average molecular weight is 195 g/mol. The molecule has 0 fully saturated rings. The smallest absolute Gasteiger partial charge is 0.121 e. The molecule has 0 aromatic carbocycles. The Morgan fingerprint density at radius 2 is 1.62 bits per heavy atom. The van der Waals surface area contributed by atoms with E-state index in [0.29, 0.717) is 6.21 Å². The van der Waals surface area contributed by atoms with E-state index in [4.69, 9.17) is 30.7 Å². The molecular weight excluding hydrogens is 182 g/mol. The van der Waals surface area contributed by atoms with Gasteiger partial charge in [0.05, 0.1) is 12.8 Å². The van der Waals surface area contributed by atoms with Crippen molar-refractivity contribution in [3.05, 3.63) is 0 Å². The highest BCUT2D eigenvalue weighted by Gasteiger charge is 2.29. The van der Waals surface area contributed by atoms with E-state index in [1.807, 2.05) is 0 Å². The molecular formula is C6H13NO6. The van der Waals surface area contributed by atoms with Crippen LogP contribution in [0.15, 0.2) is 5.16 Å². The molecule has 0 amide bonds. The van der Waals surface area contributed by atoms with Gasteiger partial charge in [0.2, 0.25) is 0 Å². The molecule has 0 spiro atoms. The molecule has 0 aliphatic rings. The van der Waals surface area contributed by atoms with E-state index in [-0.39, 0.29) is 0 Å². The Labute approximate surface area is 74.2 Å². The lowest BCUT2D eigenvalue weighted by molar-refractivity contribution is -0.100. The fourth-order valence-electron chi connectivity index (χ4n) is 0.694. The van der Waals surface area contributed by atoms with Crippen LogP contribution in [-0.2, 0) is 0 Å². The second-order valence-corrected chi connectivity index (χ2v) is 2.49. The lowest BCUT2D eigenvalue weighted by Crippen LogP contribution is -2.46. The zero-order chi connectivity index (χ0) is 10.4. The maximum absolute atomic E-state index is 9.05. The van der Waals surface area contributed by atoms with Crippen LogP contribution < -0.4 is 0 Å². The lowest BCUT2D eigenvalue weighted by Gasteiger charge is -2.23. The standard InChI is InChI=1S/C6H13NO6/c8-2-4(10)6(12)5(11)3(9)1-7-13/h1,3-6,8-13H,2H2/b7-1-/t3-,4+,5-,6+/m1/s1. The van der Waals surface area contributed by atoms with Gasteiger partial charge >= 0.3 is 0 Å². The van der Waals surface area contributed by atoms with Gasteiger partial charge in [-0.15, -0.1) is 0 Å². The van der Waals surface area contributed by atoms with E-state index < -0.39 is 31.0 Å². The summed E-state index contributed by atoms with van der Waals surface area (Å²) in [4.78, 5) is 0. The van der Waals surface area contributed by atoms with Gasteiger partial charge in [0.1, 0.15) is 24.4 Å². The highest BCUT2D eigenvalue weighted by Crippen LogP contribution is 2.03. The van der Waals surface area contributed by atoms with Crippen molar-refractivity contribution in [1.29, 1.82) is 0 Å². The SMILES string of the molecule is OC[C@H](O)[C@H](O)[C@H](O)[C@H](O)/C=N\O. The highest BCUT2D eigenvalue weighted by atomic mass is 16.4. The second kappa shape index (κ2) is 5.84. The molecule has 0 bridgehead atoms. The first-order valence-corrected chi connectivity index (χ1v) is 3.55. The minimum absolute atomic E-state index is 0.581. The van der Waals surface area contributed by atoms with Crippen LogP contribution in [0.25, 0.3) is 0 Å². The zero-order valence-corrected chi connectivity index (χ0v) is 6.72. The van der Waals surface area contributed by atoms with Crippen LogP contribution in [0.4, 0.5) is 0 Å². The van der Waals surface area contributed by atoms with E-state index in [1.54, 1.807) is 0 Å². The second-order valence-electron chi connectivity index (χ2n) is 2.49. The Bertz CT molecular complexity index is 163. The third-order valence-corrected chi connectivity index (χ3v) is 1.50. The number of rotatable bonds is 5. The Morgan fingerprint density at radius 1 is 1.08 bits per heavy atom. The molecule has 78 valence electrons. The van der Waals surface area contributed by atoms with Gasteiger partial charge in [-0.25, -0.2) is 0 Å². The van der Waals surface area contributed by atoms with Gasteiger partial charge in [0, 0.05) is 0 Å². The largest absolute Gasteiger partial charge is 0.411 e. The first-order chi connectivity index (χ1) is 6.04. The summed E-state index contributed by atoms with van der Waals surface area (Å²) in [5, 5.41) is 54.6. The van der Waals surface area contributed by atoms with Crippen LogP contribution in [0.5, 0.6) is 0 Å². The number of oxime groups is 1. The van der Waals surface area contributed by atoms with Crippen molar-refractivity contribution in [2.24, 2.45) is 5.16 Å². The molecule has 0 aliphatic carbocycles. The van der Waals surface area contributed by atoms with Gasteiger partial charge in [-0.2, -0.15) is 0 Å². The average Bonchev–Trinajstić information content (AvgIpc) is 2.14. The molecule has 0 aliphatic heterocycles. The van der Waals surface area contributed by atoms with Crippen molar-refractivity contribution < 1.29 is 30.7 Å². The van der Waals surface area contributed by atoms with Gasteiger partial charge in [0.25, 0.3) is 0 Å². The van der Waals surface area contributed by atoms with Crippen molar-refractivity contribution in [3.8, 4) is 0 Å². The molecule has 0 rings (SSSR count). The maximum Gasteiger partial charge on any atom is 0.121 e. The number of nitrogens with zero attached hydrogens (tertiary/aromatic N) is 1. The molecule has 0 radical (unpaired) electrons. The molecule has 0 unspecified atom stereocenters. The first kappa shape index (κ1) is 12.3. The lowest BCUT2D eigenvalue weighted by atomic mass is 10.0. The predicted molar refractivity (Wildman–Crippen MR) is 41.4 cm³/mol. The van der Waals surface area contributed by atoms with E-state index in [9.17, 15) is 0 Å². The summed E-state index contributed by atoms with van der Waals surface area (Å²) in [5.74, 6) is 0. The Hall–Kier alpha value is -0.730. The summed E-state index contributed by atoms with van der Waals surface area (Å²) in [7, 11) is 0. The molecule has 0 saturated heterocycles. The number of hydrogen-bond acceptors (Lipinski definition) is 7. The van der Waals surface area contributed by atoms with Crippen LogP contribution in [0, 0.1) is 0 Å². The first-order valence-electron chi connectivity index (χ1n) is 3.55. The van der Waals surface area contributed by atoms with Gasteiger partial charge in [-0.05, 0) is 0 Å². The van der Waals surface area contributed by atoms with Crippen LogP contribution in [0.3, 0.4) is 0 Å². The Morgan fingerprint density at radius 3 is 2.00 bits per heavy atom. The third-order valence-electron chi connectivity index (χ3n) is 1.50. The normalized spacial score (nSPS) is 21.3. The fourth-order valence-corrected chi connectivity index (χ4v) is 0.694. The van der Waals surface area contributed by atoms with Gasteiger partial charge in [-0.3, -0.25) is 0 Å². The van der Waals surface area contributed by atoms with Crippen LogP contribution >= 0.6 is 0 Å². The van der Waals surface area contributed by atoms with Crippen molar-refractivity contribution >= 4 is 6.21 Å². The molecule has 0 aromatic rings. The monoisotopic (exact) mass is 195 g/mol. The predicted octanol–water partition coefficient (Wildman–Crippen LogP) is -3.12. The topological polar surface area (TPSA) is 134 Å². The number of hydrogen-bond donors (Lipinski definition) is 6. The van der Waals surface area contributed by atoms with Crippen molar-refractivity contribution in [3.63, 3.8) is 0 Å². The molecule has 7 nitrogen and oxygen atoms in total. The summed E-state index contributed by atoms with van der Waals surface area (Å²) in [6.07, 6.45) is -6.02. The van der Waals surface area contributed by atoms with E-state index in [2.05, 4.69) is 5.16 Å². The van der Waals surface area contributed by atoms with Crippen molar-refractivity contribution in [1.82, 2.24) is 0 Å². The summed E-state index contributed by atoms with van der Waals surface area (Å²) in [6.45, 7) is -0.749. The third kappa shape index (κ3) is 3.66. The molecule has 13 heavy (non-hydrogen) atoms. The Kier molecular flexibility index (Phi) is 5.51. The maximum atomic E-state index is 9.05. The fraction of sp³-hybridized carbons (Fsp3) is 0.833. The molecule has 7 heteroatoms. The minimum atomic E-state index is -1.72. The van der Waals surface area contributed by atoms with E-state index in [0.717, 1.165) is 0 Å². The van der Waals surface area contributed by atoms with Gasteiger partial charge in [-0.1, -0.05) is 5.16 Å². The molecule has 0 heterocycles. The minimum Gasteiger partial charge on any atom is -0.411 e. The van der Waals surface area contributed by atoms with Crippen LogP contribution in [-0.4, -0.2) is 68.0 Å². The zero-order valence-electron chi connectivity index (χ0n) is 6.72. The quantitative estimate of drug-likeness (QED) is 0.156. The number of aliphatic hydroxyl groups is 5. The van der Waals surface area contributed by atoms with Gasteiger partial charge in [0.15, 0.2) is 0 Å². The van der Waals surface area contributed by atoms with E-state index in [1.165, 1.54) is 0 Å². The summed E-state index contributed by atoms with van der Waals surface area (Å²) < 4.78 is 0. The molecule has 0 saturated carbocycles. The highest BCUT2D eigenvalue weighted by molar-refractivity contribution is 5.62. The van der Waals surface area contributed by atoms with Crippen molar-refractivity contribution in [2.45, 2.75) is 24.4 Å². The molecule has 0 aromatic heterocycles. The number of aliphatic hydroxyl groups excluding tert-OH is 5. The molecule has 6 N–H and O–H groups in total. The van der Waals surface area contributed by atoms with Gasteiger partial charge < -0.3 is 30.7 Å². The summed E-state index contributed by atoms with van der Waals surface area (Å²) in [6, 6.07) is 0.